The molecule has 0 unspecified atom stereocenters. The zero-order chi connectivity index (χ0) is 14.6. The van der Waals surface area contributed by atoms with Gasteiger partial charge < -0.3 is 10.0 Å². The monoisotopic (exact) mass is 343 g/mol. The zero-order valence-electron chi connectivity index (χ0n) is 9.55. The third-order valence-corrected chi connectivity index (χ3v) is 2.82. The average molecular weight is 344 g/mol. The molecular weight excluding hydrogens is 334 g/mol. The Hall–Kier alpha value is -1.15. The summed E-state index contributed by atoms with van der Waals surface area (Å²) >= 11 is 2.85. The molecule has 106 valence electrons. The van der Waals surface area contributed by atoms with E-state index in [0.717, 1.165) is 6.07 Å². The Morgan fingerprint density at radius 1 is 1.37 bits per heavy atom. The molecule has 1 N–H and O–H groups in total. The van der Waals surface area contributed by atoms with Crippen LogP contribution in [-0.2, 0) is 0 Å². The van der Waals surface area contributed by atoms with Gasteiger partial charge in [-0.1, -0.05) is 6.07 Å². The summed E-state index contributed by atoms with van der Waals surface area (Å²) in [6.07, 6.45) is -4.62. The standard InChI is InChI=1S/C11H10BrF4NO2/c12-8-3-1-2-7(9(8)13)10(19)17(4-5-18)6-11(14,15)16/h1-3,18H,4-6H2. The number of amides is 1. The summed E-state index contributed by atoms with van der Waals surface area (Å²) in [6.45, 7) is -2.71. The van der Waals surface area contributed by atoms with Crippen molar-refractivity contribution in [1.29, 1.82) is 0 Å². The van der Waals surface area contributed by atoms with Crippen molar-refractivity contribution >= 4 is 21.8 Å². The summed E-state index contributed by atoms with van der Waals surface area (Å²) in [4.78, 5) is 12.2. The largest absolute Gasteiger partial charge is 0.406 e. The van der Waals surface area contributed by atoms with Crippen molar-refractivity contribution in [2.45, 2.75) is 6.18 Å². The third-order valence-electron chi connectivity index (χ3n) is 2.21. The van der Waals surface area contributed by atoms with Gasteiger partial charge in [-0.05, 0) is 28.1 Å². The molecule has 0 atom stereocenters. The molecule has 0 aromatic heterocycles. The lowest BCUT2D eigenvalue weighted by Crippen LogP contribution is -2.41. The van der Waals surface area contributed by atoms with Crippen LogP contribution < -0.4 is 0 Å². The number of carbonyl (C=O) groups excluding carboxylic acids is 1. The molecule has 0 aliphatic rings. The van der Waals surface area contributed by atoms with E-state index in [1.165, 1.54) is 12.1 Å². The number of hydrogen-bond donors (Lipinski definition) is 1. The minimum Gasteiger partial charge on any atom is -0.395 e. The predicted molar refractivity (Wildman–Crippen MR) is 63.1 cm³/mol. The second-order valence-electron chi connectivity index (χ2n) is 3.67. The van der Waals surface area contributed by atoms with Gasteiger partial charge in [0.2, 0.25) is 0 Å². The maximum Gasteiger partial charge on any atom is 0.406 e. The molecule has 0 heterocycles. The van der Waals surface area contributed by atoms with Gasteiger partial charge >= 0.3 is 6.18 Å². The minimum absolute atomic E-state index is 0.0192. The van der Waals surface area contributed by atoms with Gasteiger partial charge in [-0.2, -0.15) is 13.2 Å². The molecule has 19 heavy (non-hydrogen) atoms. The predicted octanol–water partition coefficient (Wildman–Crippen LogP) is 2.59. The molecule has 0 saturated carbocycles. The van der Waals surface area contributed by atoms with Crippen molar-refractivity contribution < 1.29 is 27.5 Å². The summed E-state index contributed by atoms with van der Waals surface area (Å²) in [5.41, 5.74) is -0.480. The van der Waals surface area contributed by atoms with Gasteiger partial charge in [-0.25, -0.2) is 4.39 Å². The fourth-order valence-corrected chi connectivity index (χ4v) is 1.80. The Bertz CT molecular complexity index is 464. The number of nitrogens with zero attached hydrogens (tertiary/aromatic N) is 1. The van der Waals surface area contributed by atoms with Crippen LogP contribution in [0.5, 0.6) is 0 Å². The Labute approximate surface area is 115 Å². The molecule has 0 radical (unpaired) electrons. The average Bonchev–Trinajstić information content (AvgIpc) is 2.30. The summed E-state index contributed by atoms with van der Waals surface area (Å²) in [6, 6.07) is 3.75. The fourth-order valence-electron chi connectivity index (χ4n) is 1.43. The van der Waals surface area contributed by atoms with Crippen molar-refractivity contribution in [3.05, 3.63) is 34.1 Å². The molecule has 1 rings (SSSR count). The molecule has 0 bridgehead atoms. The minimum atomic E-state index is -4.62. The lowest BCUT2D eigenvalue weighted by molar-refractivity contribution is -0.141. The summed E-state index contributed by atoms with van der Waals surface area (Å²) < 4.78 is 50.5. The number of alkyl halides is 3. The SMILES string of the molecule is O=C(c1cccc(Br)c1F)N(CCO)CC(F)(F)F. The highest BCUT2D eigenvalue weighted by atomic mass is 79.9. The molecule has 0 aliphatic carbocycles. The number of benzene rings is 1. The highest BCUT2D eigenvalue weighted by Gasteiger charge is 2.33. The number of hydrogen-bond acceptors (Lipinski definition) is 2. The van der Waals surface area contributed by atoms with Crippen LogP contribution >= 0.6 is 15.9 Å². The second kappa shape index (κ2) is 6.33. The first-order valence-corrected chi connectivity index (χ1v) is 5.96. The molecular formula is C11H10BrF4NO2. The van der Waals surface area contributed by atoms with E-state index in [9.17, 15) is 22.4 Å². The van der Waals surface area contributed by atoms with Crippen molar-refractivity contribution in [2.75, 3.05) is 19.7 Å². The van der Waals surface area contributed by atoms with Crippen LogP contribution in [0.15, 0.2) is 22.7 Å². The van der Waals surface area contributed by atoms with Crippen LogP contribution in [0.25, 0.3) is 0 Å². The summed E-state index contributed by atoms with van der Waals surface area (Å²) in [5, 5.41) is 8.69. The summed E-state index contributed by atoms with van der Waals surface area (Å²) in [5.74, 6) is -2.05. The van der Waals surface area contributed by atoms with E-state index >= 15 is 0 Å². The Morgan fingerprint density at radius 3 is 2.53 bits per heavy atom. The quantitative estimate of drug-likeness (QED) is 0.853. The molecule has 1 amide bonds. The van der Waals surface area contributed by atoms with Gasteiger partial charge in [0.05, 0.1) is 16.6 Å². The molecule has 0 fully saturated rings. The van der Waals surface area contributed by atoms with Gasteiger partial charge in [0.25, 0.3) is 5.91 Å². The van der Waals surface area contributed by atoms with E-state index < -0.39 is 43.2 Å². The van der Waals surface area contributed by atoms with Crippen LogP contribution in [0.1, 0.15) is 10.4 Å². The van der Waals surface area contributed by atoms with Gasteiger partial charge in [0.1, 0.15) is 12.4 Å². The van der Waals surface area contributed by atoms with Crippen molar-refractivity contribution in [3.8, 4) is 0 Å². The van der Waals surface area contributed by atoms with Gasteiger partial charge in [-0.3, -0.25) is 4.79 Å². The zero-order valence-corrected chi connectivity index (χ0v) is 11.1. The first kappa shape index (κ1) is 15.9. The Balaban J connectivity index is 3.02. The van der Waals surface area contributed by atoms with E-state index in [2.05, 4.69) is 15.9 Å². The molecule has 0 aliphatic heterocycles. The number of aliphatic hydroxyl groups excluding tert-OH is 1. The van der Waals surface area contributed by atoms with Crippen molar-refractivity contribution in [1.82, 2.24) is 4.90 Å². The van der Waals surface area contributed by atoms with E-state index in [0.29, 0.717) is 4.90 Å². The number of rotatable bonds is 4. The van der Waals surface area contributed by atoms with Gasteiger partial charge in [0, 0.05) is 6.54 Å². The molecule has 3 nitrogen and oxygen atoms in total. The van der Waals surface area contributed by atoms with Crippen LogP contribution in [0.4, 0.5) is 17.6 Å². The highest BCUT2D eigenvalue weighted by molar-refractivity contribution is 9.10. The van der Waals surface area contributed by atoms with Crippen molar-refractivity contribution in [3.63, 3.8) is 0 Å². The molecule has 1 aromatic carbocycles. The first-order valence-electron chi connectivity index (χ1n) is 5.17. The summed E-state index contributed by atoms with van der Waals surface area (Å²) in [7, 11) is 0. The van der Waals surface area contributed by atoms with Gasteiger partial charge in [0.15, 0.2) is 0 Å². The fraction of sp³-hybridized carbons (Fsp3) is 0.364. The normalized spacial score (nSPS) is 11.5. The van der Waals surface area contributed by atoms with E-state index in [-0.39, 0.29) is 4.47 Å². The molecule has 1 aromatic rings. The second-order valence-corrected chi connectivity index (χ2v) is 4.52. The molecule has 0 saturated heterocycles. The highest BCUT2D eigenvalue weighted by Crippen LogP contribution is 2.22. The van der Waals surface area contributed by atoms with E-state index in [4.69, 9.17) is 5.11 Å². The van der Waals surface area contributed by atoms with Crippen LogP contribution in [0, 0.1) is 5.82 Å². The maximum absolute atomic E-state index is 13.6. The molecule has 0 spiro atoms. The first-order chi connectivity index (χ1) is 8.76. The van der Waals surface area contributed by atoms with Crippen LogP contribution in [0.3, 0.4) is 0 Å². The smallest absolute Gasteiger partial charge is 0.395 e. The lowest BCUT2D eigenvalue weighted by Gasteiger charge is -2.23. The van der Waals surface area contributed by atoms with E-state index in [1.54, 1.807) is 0 Å². The van der Waals surface area contributed by atoms with Crippen LogP contribution in [0.2, 0.25) is 0 Å². The maximum atomic E-state index is 13.6. The van der Waals surface area contributed by atoms with Crippen LogP contribution in [-0.4, -0.2) is 41.8 Å². The van der Waals surface area contributed by atoms with Crippen molar-refractivity contribution in [2.24, 2.45) is 0 Å². The third kappa shape index (κ3) is 4.46. The van der Waals surface area contributed by atoms with Gasteiger partial charge in [-0.15, -0.1) is 0 Å². The van der Waals surface area contributed by atoms with E-state index in [1.807, 2.05) is 0 Å². The lowest BCUT2D eigenvalue weighted by atomic mass is 10.2. The topological polar surface area (TPSA) is 40.5 Å². The number of halogens is 5. The number of carbonyl (C=O) groups is 1. The Kier molecular flexibility index (Phi) is 5.30. The Morgan fingerprint density at radius 2 is 2.00 bits per heavy atom. The molecule has 8 heteroatoms. The number of aliphatic hydroxyl groups is 1.